The van der Waals surface area contributed by atoms with Gasteiger partial charge in [0, 0.05) is 18.5 Å². The molecule has 18 heavy (non-hydrogen) atoms. The number of aliphatic hydroxyl groups excluding tert-OH is 1. The zero-order valence-corrected chi connectivity index (χ0v) is 11.6. The van der Waals surface area contributed by atoms with Crippen molar-refractivity contribution in [2.45, 2.75) is 51.2 Å². The third-order valence-corrected chi connectivity index (χ3v) is 4.48. The first kappa shape index (κ1) is 13.5. The van der Waals surface area contributed by atoms with Crippen LogP contribution >= 0.6 is 11.3 Å². The standard InChI is InChI=1S/C13H20N2O2S/c1-15(11-5-3-2-4-6-11)13(17)7-12-14-10(8-16)9-18-12/h9,11,16H,2-8H2,1H3. The molecule has 2 rings (SSSR count). The van der Waals surface area contributed by atoms with Gasteiger partial charge in [-0.3, -0.25) is 4.79 Å². The minimum atomic E-state index is -0.0524. The lowest BCUT2D eigenvalue weighted by Gasteiger charge is -2.31. The van der Waals surface area contributed by atoms with E-state index in [0.29, 0.717) is 18.2 Å². The van der Waals surface area contributed by atoms with E-state index < -0.39 is 0 Å². The number of aliphatic hydroxyl groups is 1. The highest BCUT2D eigenvalue weighted by Gasteiger charge is 2.22. The van der Waals surface area contributed by atoms with E-state index in [0.717, 1.165) is 17.8 Å². The minimum absolute atomic E-state index is 0.0524. The fourth-order valence-corrected chi connectivity index (χ4v) is 3.20. The van der Waals surface area contributed by atoms with Gasteiger partial charge in [0.15, 0.2) is 0 Å². The quantitative estimate of drug-likeness (QED) is 0.908. The molecule has 1 N–H and O–H groups in total. The van der Waals surface area contributed by atoms with Crippen molar-refractivity contribution < 1.29 is 9.90 Å². The van der Waals surface area contributed by atoms with Gasteiger partial charge in [-0.15, -0.1) is 11.3 Å². The van der Waals surface area contributed by atoms with E-state index in [2.05, 4.69) is 4.98 Å². The second-order valence-electron chi connectivity index (χ2n) is 4.86. The minimum Gasteiger partial charge on any atom is -0.390 e. The van der Waals surface area contributed by atoms with Gasteiger partial charge in [-0.25, -0.2) is 4.98 Å². The fraction of sp³-hybridized carbons (Fsp3) is 0.692. The zero-order valence-electron chi connectivity index (χ0n) is 10.8. The maximum Gasteiger partial charge on any atom is 0.229 e. The van der Waals surface area contributed by atoms with Gasteiger partial charge in [-0.1, -0.05) is 19.3 Å². The van der Waals surface area contributed by atoms with E-state index in [1.54, 1.807) is 0 Å². The molecule has 100 valence electrons. The molecule has 0 radical (unpaired) electrons. The van der Waals surface area contributed by atoms with Gasteiger partial charge < -0.3 is 10.0 Å². The van der Waals surface area contributed by atoms with Crippen LogP contribution in [-0.2, 0) is 17.8 Å². The van der Waals surface area contributed by atoms with Crippen LogP contribution in [0.3, 0.4) is 0 Å². The molecule has 0 atom stereocenters. The van der Waals surface area contributed by atoms with Gasteiger partial charge in [0.1, 0.15) is 5.01 Å². The van der Waals surface area contributed by atoms with Crippen molar-refractivity contribution in [2.24, 2.45) is 0 Å². The van der Waals surface area contributed by atoms with Crippen LogP contribution in [0.1, 0.15) is 42.8 Å². The molecule has 4 nitrogen and oxygen atoms in total. The van der Waals surface area contributed by atoms with Crippen molar-refractivity contribution in [2.75, 3.05) is 7.05 Å². The third kappa shape index (κ3) is 3.29. The van der Waals surface area contributed by atoms with Crippen LogP contribution in [0.4, 0.5) is 0 Å². The number of nitrogens with zero attached hydrogens (tertiary/aromatic N) is 2. The van der Waals surface area contributed by atoms with E-state index >= 15 is 0 Å². The van der Waals surface area contributed by atoms with Crippen molar-refractivity contribution in [1.82, 2.24) is 9.88 Å². The fourth-order valence-electron chi connectivity index (χ4n) is 2.43. The van der Waals surface area contributed by atoms with Crippen LogP contribution in [0.15, 0.2) is 5.38 Å². The molecule has 0 unspecified atom stereocenters. The summed E-state index contributed by atoms with van der Waals surface area (Å²) in [4.78, 5) is 18.2. The molecule has 1 amide bonds. The van der Waals surface area contributed by atoms with Gasteiger partial charge >= 0.3 is 0 Å². The Labute approximate surface area is 112 Å². The highest BCUT2D eigenvalue weighted by molar-refractivity contribution is 7.09. The van der Waals surface area contributed by atoms with Gasteiger partial charge in [0.2, 0.25) is 5.91 Å². The van der Waals surface area contributed by atoms with Crippen LogP contribution in [-0.4, -0.2) is 34.0 Å². The van der Waals surface area contributed by atoms with Crippen molar-refractivity contribution >= 4 is 17.2 Å². The van der Waals surface area contributed by atoms with Gasteiger partial charge in [-0.05, 0) is 12.8 Å². The summed E-state index contributed by atoms with van der Waals surface area (Å²) in [7, 11) is 1.90. The maximum absolute atomic E-state index is 12.1. The van der Waals surface area contributed by atoms with Crippen LogP contribution in [0.25, 0.3) is 0 Å². The van der Waals surface area contributed by atoms with Crippen LogP contribution in [0.5, 0.6) is 0 Å². The second kappa shape index (κ2) is 6.29. The number of carbonyl (C=O) groups is 1. The number of likely N-dealkylation sites (N-methyl/N-ethyl adjacent to an activating group) is 1. The van der Waals surface area contributed by atoms with Crippen molar-refractivity contribution in [3.8, 4) is 0 Å². The summed E-state index contributed by atoms with van der Waals surface area (Å²) in [5, 5.41) is 11.6. The van der Waals surface area contributed by atoms with Gasteiger partial charge in [-0.2, -0.15) is 0 Å². The molecular weight excluding hydrogens is 248 g/mol. The first-order chi connectivity index (χ1) is 8.70. The SMILES string of the molecule is CN(C(=O)Cc1nc(CO)cs1)C1CCCCC1. The Morgan fingerprint density at radius 3 is 2.83 bits per heavy atom. The summed E-state index contributed by atoms with van der Waals surface area (Å²) in [5.74, 6) is 0.140. The Morgan fingerprint density at radius 2 is 2.22 bits per heavy atom. The summed E-state index contributed by atoms with van der Waals surface area (Å²) >= 11 is 1.45. The zero-order chi connectivity index (χ0) is 13.0. The van der Waals surface area contributed by atoms with E-state index in [9.17, 15) is 4.79 Å². The molecule has 0 bridgehead atoms. The molecule has 0 spiro atoms. The third-order valence-electron chi connectivity index (χ3n) is 3.58. The van der Waals surface area contributed by atoms with E-state index in [1.807, 2.05) is 17.3 Å². The lowest BCUT2D eigenvalue weighted by molar-refractivity contribution is -0.131. The summed E-state index contributed by atoms with van der Waals surface area (Å²) in [6.45, 7) is -0.0524. The van der Waals surface area contributed by atoms with E-state index in [4.69, 9.17) is 5.11 Å². The lowest BCUT2D eigenvalue weighted by atomic mass is 9.94. The Morgan fingerprint density at radius 1 is 1.50 bits per heavy atom. The monoisotopic (exact) mass is 268 g/mol. The first-order valence-corrected chi connectivity index (χ1v) is 7.38. The molecule has 0 saturated heterocycles. The number of amides is 1. The Bertz CT molecular complexity index is 399. The van der Waals surface area contributed by atoms with Crippen molar-refractivity contribution in [1.29, 1.82) is 0 Å². The molecule has 1 heterocycles. The summed E-state index contributed by atoms with van der Waals surface area (Å²) < 4.78 is 0. The van der Waals surface area contributed by atoms with Crippen LogP contribution in [0.2, 0.25) is 0 Å². The molecule has 5 heteroatoms. The summed E-state index contributed by atoms with van der Waals surface area (Å²) in [6, 6.07) is 0.406. The molecule has 0 aliphatic heterocycles. The molecular formula is C13H20N2O2S. The molecule has 0 aromatic carbocycles. The number of rotatable bonds is 4. The Balaban J connectivity index is 1.90. The van der Waals surface area contributed by atoms with E-state index in [1.165, 1.54) is 30.6 Å². The lowest BCUT2D eigenvalue weighted by Crippen LogP contribution is -2.39. The van der Waals surface area contributed by atoms with Crippen molar-refractivity contribution in [3.63, 3.8) is 0 Å². The van der Waals surface area contributed by atoms with Crippen LogP contribution < -0.4 is 0 Å². The number of aromatic nitrogens is 1. The molecule has 1 aromatic heterocycles. The largest absolute Gasteiger partial charge is 0.390 e. The normalized spacial score (nSPS) is 16.8. The Hall–Kier alpha value is -0.940. The molecule has 1 fully saturated rings. The molecule has 1 aliphatic rings. The highest BCUT2D eigenvalue weighted by atomic mass is 32.1. The Kier molecular flexibility index (Phi) is 4.72. The van der Waals surface area contributed by atoms with E-state index in [-0.39, 0.29) is 12.5 Å². The average molecular weight is 268 g/mol. The summed E-state index contributed by atoms with van der Waals surface area (Å²) in [6.07, 6.45) is 6.37. The topological polar surface area (TPSA) is 53.4 Å². The highest BCUT2D eigenvalue weighted by Crippen LogP contribution is 2.22. The maximum atomic E-state index is 12.1. The first-order valence-electron chi connectivity index (χ1n) is 6.50. The smallest absolute Gasteiger partial charge is 0.229 e. The number of hydrogen-bond donors (Lipinski definition) is 1. The number of carbonyl (C=O) groups excluding carboxylic acids is 1. The molecule has 1 aromatic rings. The van der Waals surface area contributed by atoms with Crippen LogP contribution in [0, 0.1) is 0 Å². The molecule has 1 aliphatic carbocycles. The molecule has 1 saturated carbocycles. The summed E-state index contributed by atoms with van der Waals surface area (Å²) in [5.41, 5.74) is 0.656. The predicted octanol–water partition coefficient (Wildman–Crippen LogP) is 1.97. The number of thiazole rings is 1. The number of hydrogen-bond acceptors (Lipinski definition) is 4. The predicted molar refractivity (Wildman–Crippen MR) is 71.4 cm³/mol. The van der Waals surface area contributed by atoms with Gasteiger partial charge in [0.25, 0.3) is 0 Å². The second-order valence-corrected chi connectivity index (χ2v) is 5.81. The average Bonchev–Trinajstić information content (AvgIpc) is 2.86. The van der Waals surface area contributed by atoms with Crippen molar-refractivity contribution in [3.05, 3.63) is 16.1 Å². The van der Waals surface area contributed by atoms with Gasteiger partial charge in [0.05, 0.1) is 18.7 Å².